The third kappa shape index (κ3) is 7.75. The standard InChI is InChI=1S/C16H25BrFN3O/c1-3-19-16(20-9-5-6-10-22-4-2)21-12-13-11-14(17)7-8-15(13)18/h7-8,11H,3-6,9-10,12H2,1-2H3,(H2,19,20,21). The molecule has 1 aromatic carbocycles. The van der Waals surface area contributed by atoms with Gasteiger partial charge in [-0.2, -0.15) is 0 Å². The van der Waals surface area contributed by atoms with Crippen LogP contribution in [0.15, 0.2) is 27.7 Å². The normalized spacial score (nSPS) is 11.5. The summed E-state index contributed by atoms with van der Waals surface area (Å²) >= 11 is 3.35. The number of ether oxygens (including phenoxy) is 1. The van der Waals surface area contributed by atoms with Crippen molar-refractivity contribution in [3.63, 3.8) is 0 Å². The maximum atomic E-state index is 13.7. The van der Waals surface area contributed by atoms with Crippen LogP contribution in [0.2, 0.25) is 0 Å². The molecule has 4 nitrogen and oxygen atoms in total. The minimum Gasteiger partial charge on any atom is -0.382 e. The smallest absolute Gasteiger partial charge is 0.191 e. The van der Waals surface area contributed by atoms with E-state index < -0.39 is 0 Å². The average Bonchev–Trinajstić information content (AvgIpc) is 2.51. The summed E-state index contributed by atoms with van der Waals surface area (Å²) in [7, 11) is 0. The van der Waals surface area contributed by atoms with Crippen molar-refractivity contribution >= 4 is 21.9 Å². The molecule has 0 amide bonds. The zero-order chi connectivity index (χ0) is 16.2. The molecule has 0 heterocycles. The van der Waals surface area contributed by atoms with E-state index in [-0.39, 0.29) is 5.82 Å². The Labute approximate surface area is 140 Å². The Morgan fingerprint density at radius 3 is 2.82 bits per heavy atom. The number of guanidine groups is 1. The number of hydrogen-bond acceptors (Lipinski definition) is 2. The molecule has 0 saturated carbocycles. The van der Waals surface area contributed by atoms with Crippen LogP contribution in [0, 0.1) is 5.82 Å². The average molecular weight is 374 g/mol. The monoisotopic (exact) mass is 373 g/mol. The topological polar surface area (TPSA) is 45.7 Å². The van der Waals surface area contributed by atoms with E-state index in [4.69, 9.17) is 4.74 Å². The van der Waals surface area contributed by atoms with Crippen molar-refractivity contribution in [2.24, 2.45) is 4.99 Å². The lowest BCUT2D eigenvalue weighted by Crippen LogP contribution is -2.37. The van der Waals surface area contributed by atoms with Gasteiger partial charge in [0.25, 0.3) is 0 Å². The quantitative estimate of drug-likeness (QED) is 0.395. The van der Waals surface area contributed by atoms with E-state index >= 15 is 0 Å². The summed E-state index contributed by atoms with van der Waals surface area (Å²) in [5.41, 5.74) is 0.572. The molecule has 124 valence electrons. The highest BCUT2D eigenvalue weighted by molar-refractivity contribution is 9.10. The molecule has 1 aromatic rings. The molecule has 1 rings (SSSR count). The van der Waals surface area contributed by atoms with E-state index in [2.05, 4.69) is 31.6 Å². The first-order chi connectivity index (χ1) is 10.7. The van der Waals surface area contributed by atoms with Crippen molar-refractivity contribution in [2.45, 2.75) is 33.2 Å². The van der Waals surface area contributed by atoms with Crippen LogP contribution in [0.3, 0.4) is 0 Å². The molecule has 0 fully saturated rings. The summed E-state index contributed by atoms with van der Waals surface area (Å²) in [5, 5.41) is 6.41. The van der Waals surface area contributed by atoms with Crippen LogP contribution in [-0.4, -0.2) is 32.3 Å². The van der Waals surface area contributed by atoms with Gasteiger partial charge in [-0.05, 0) is 44.9 Å². The minimum atomic E-state index is -0.237. The van der Waals surface area contributed by atoms with E-state index in [1.807, 2.05) is 13.8 Å². The molecule has 0 spiro atoms. The molecule has 0 saturated heterocycles. The molecule has 0 radical (unpaired) electrons. The summed E-state index contributed by atoms with van der Waals surface area (Å²) < 4.78 is 19.8. The predicted octanol–water partition coefficient (Wildman–Crippen LogP) is 3.46. The Morgan fingerprint density at radius 1 is 1.27 bits per heavy atom. The Kier molecular flexibility index (Phi) is 9.82. The molecule has 0 aromatic heterocycles. The summed E-state index contributed by atoms with van der Waals surface area (Å²) in [5.74, 6) is 0.470. The summed E-state index contributed by atoms with van der Waals surface area (Å²) in [4.78, 5) is 4.42. The van der Waals surface area contributed by atoms with Gasteiger partial charge in [0.1, 0.15) is 5.82 Å². The largest absolute Gasteiger partial charge is 0.382 e. The maximum Gasteiger partial charge on any atom is 0.191 e. The fourth-order valence-electron chi connectivity index (χ4n) is 1.85. The van der Waals surface area contributed by atoms with E-state index in [0.717, 1.165) is 43.6 Å². The minimum absolute atomic E-state index is 0.237. The molecule has 0 aliphatic carbocycles. The lowest BCUT2D eigenvalue weighted by Gasteiger charge is -2.11. The number of unbranched alkanes of at least 4 members (excludes halogenated alkanes) is 1. The molecule has 2 N–H and O–H groups in total. The van der Waals surface area contributed by atoms with Crippen molar-refractivity contribution in [1.82, 2.24) is 10.6 Å². The van der Waals surface area contributed by atoms with Crippen molar-refractivity contribution in [3.8, 4) is 0 Å². The van der Waals surface area contributed by atoms with Gasteiger partial charge >= 0.3 is 0 Å². The Bertz CT molecular complexity index is 469. The van der Waals surface area contributed by atoms with Crippen LogP contribution in [0.25, 0.3) is 0 Å². The highest BCUT2D eigenvalue weighted by Crippen LogP contribution is 2.16. The first-order valence-corrected chi connectivity index (χ1v) is 8.50. The lowest BCUT2D eigenvalue weighted by atomic mass is 10.2. The third-order valence-corrected chi connectivity index (χ3v) is 3.46. The van der Waals surface area contributed by atoms with Gasteiger partial charge in [0.2, 0.25) is 0 Å². The Balaban J connectivity index is 2.45. The Hall–Kier alpha value is -1.14. The lowest BCUT2D eigenvalue weighted by molar-refractivity contribution is 0.143. The number of halogens is 2. The Morgan fingerprint density at radius 2 is 2.09 bits per heavy atom. The van der Waals surface area contributed by atoms with Gasteiger partial charge in [0.15, 0.2) is 5.96 Å². The predicted molar refractivity (Wildman–Crippen MR) is 92.6 cm³/mol. The van der Waals surface area contributed by atoms with E-state index in [9.17, 15) is 4.39 Å². The summed E-state index contributed by atoms with van der Waals surface area (Å²) in [6.07, 6.45) is 2.02. The number of benzene rings is 1. The summed E-state index contributed by atoms with van der Waals surface area (Å²) in [6, 6.07) is 4.89. The SMILES string of the molecule is CCNC(=NCc1cc(Br)ccc1F)NCCCCOCC. The van der Waals surface area contributed by atoms with E-state index in [1.165, 1.54) is 6.07 Å². The van der Waals surface area contributed by atoms with Gasteiger partial charge in [-0.25, -0.2) is 9.38 Å². The molecule has 6 heteroatoms. The highest BCUT2D eigenvalue weighted by atomic mass is 79.9. The first kappa shape index (κ1) is 18.9. The molecule has 22 heavy (non-hydrogen) atoms. The fraction of sp³-hybridized carbons (Fsp3) is 0.562. The zero-order valence-corrected chi connectivity index (χ0v) is 14.9. The molecule has 0 aliphatic rings. The molecule has 0 atom stereocenters. The van der Waals surface area contributed by atoms with Gasteiger partial charge in [0.05, 0.1) is 6.54 Å². The maximum absolute atomic E-state index is 13.7. The third-order valence-electron chi connectivity index (χ3n) is 2.97. The van der Waals surface area contributed by atoms with Crippen LogP contribution < -0.4 is 10.6 Å². The van der Waals surface area contributed by atoms with Crippen LogP contribution in [0.1, 0.15) is 32.3 Å². The molecule has 0 bridgehead atoms. The molecule has 0 unspecified atom stereocenters. The van der Waals surface area contributed by atoms with Crippen LogP contribution >= 0.6 is 15.9 Å². The van der Waals surface area contributed by atoms with Crippen molar-refractivity contribution in [2.75, 3.05) is 26.3 Å². The van der Waals surface area contributed by atoms with Gasteiger partial charge in [0, 0.05) is 36.3 Å². The fourth-order valence-corrected chi connectivity index (χ4v) is 2.26. The summed E-state index contributed by atoms with van der Waals surface area (Å²) in [6.45, 7) is 7.44. The number of hydrogen-bond donors (Lipinski definition) is 2. The van der Waals surface area contributed by atoms with Crippen LogP contribution in [0.4, 0.5) is 4.39 Å². The number of rotatable bonds is 9. The van der Waals surface area contributed by atoms with Crippen molar-refractivity contribution in [3.05, 3.63) is 34.1 Å². The molecule has 0 aliphatic heterocycles. The van der Waals surface area contributed by atoms with Gasteiger partial charge in [-0.15, -0.1) is 0 Å². The van der Waals surface area contributed by atoms with Crippen molar-refractivity contribution in [1.29, 1.82) is 0 Å². The van der Waals surface area contributed by atoms with Gasteiger partial charge in [-0.3, -0.25) is 0 Å². The number of nitrogens with one attached hydrogen (secondary N) is 2. The van der Waals surface area contributed by atoms with E-state index in [0.29, 0.717) is 18.1 Å². The second-order valence-corrected chi connectivity index (χ2v) is 5.68. The van der Waals surface area contributed by atoms with Crippen LogP contribution in [-0.2, 0) is 11.3 Å². The second kappa shape index (κ2) is 11.4. The zero-order valence-electron chi connectivity index (χ0n) is 13.3. The molecular weight excluding hydrogens is 349 g/mol. The van der Waals surface area contributed by atoms with Crippen LogP contribution in [0.5, 0.6) is 0 Å². The number of aliphatic imine (C=N–C) groups is 1. The van der Waals surface area contributed by atoms with Gasteiger partial charge < -0.3 is 15.4 Å². The number of nitrogens with zero attached hydrogens (tertiary/aromatic N) is 1. The second-order valence-electron chi connectivity index (χ2n) is 4.76. The highest BCUT2D eigenvalue weighted by Gasteiger charge is 2.03. The van der Waals surface area contributed by atoms with Crippen molar-refractivity contribution < 1.29 is 9.13 Å². The van der Waals surface area contributed by atoms with Gasteiger partial charge in [-0.1, -0.05) is 15.9 Å². The first-order valence-electron chi connectivity index (χ1n) is 7.71. The van der Waals surface area contributed by atoms with E-state index in [1.54, 1.807) is 12.1 Å². The molecular formula is C16H25BrFN3O.